The summed E-state index contributed by atoms with van der Waals surface area (Å²) in [5, 5.41) is 2.56. The lowest BCUT2D eigenvalue weighted by Crippen LogP contribution is -2.00. The minimum Gasteiger partial charge on any atom is -0.309 e. The Morgan fingerprint density at radius 3 is 1.72 bits per heavy atom. The number of para-hydroxylation sites is 1. The Morgan fingerprint density at radius 2 is 0.930 bits per heavy atom. The zero-order valence-electron chi connectivity index (χ0n) is 31.4. The van der Waals surface area contributed by atoms with Gasteiger partial charge in [0, 0.05) is 22.4 Å². The summed E-state index contributed by atoms with van der Waals surface area (Å²) < 4.78 is 2.50. The lowest BCUT2D eigenvalue weighted by atomic mass is 9.88. The summed E-state index contributed by atoms with van der Waals surface area (Å²) in [6.07, 6.45) is 0.929. The third kappa shape index (κ3) is 5.02. The molecule has 0 amide bonds. The Hall–Kier alpha value is -7.22. The highest BCUT2D eigenvalue weighted by atomic mass is 15.0. The Labute approximate surface area is 332 Å². The molecule has 0 unspecified atom stereocenters. The maximum Gasteiger partial charge on any atom is 0.0541 e. The molecule has 0 aliphatic heterocycles. The van der Waals surface area contributed by atoms with E-state index in [1.165, 1.54) is 111 Å². The van der Waals surface area contributed by atoms with Gasteiger partial charge in [-0.2, -0.15) is 0 Å². The number of aromatic nitrogens is 1. The Balaban J connectivity index is 1.03. The van der Waals surface area contributed by atoms with Crippen LogP contribution in [0.5, 0.6) is 0 Å². The molecule has 2 aliphatic rings. The molecule has 9 aromatic carbocycles. The van der Waals surface area contributed by atoms with Gasteiger partial charge in [-0.05, 0) is 126 Å². The SMILES string of the molecule is c1ccc(-c2ccc(-c3cccc(-c4cc(-n5c6ccccc6c6cc(C7c8ccccc8-c8ccccc87)ccc65)cc5c4Cc4ccccc4-5)c3)cc2)cc1. The van der Waals surface area contributed by atoms with E-state index in [2.05, 4.69) is 211 Å². The lowest BCUT2D eigenvalue weighted by molar-refractivity contribution is 1.02. The van der Waals surface area contributed by atoms with Gasteiger partial charge in [0.2, 0.25) is 0 Å². The van der Waals surface area contributed by atoms with Crippen LogP contribution < -0.4 is 0 Å². The molecular formula is C56H37N. The van der Waals surface area contributed by atoms with Crippen molar-refractivity contribution in [2.45, 2.75) is 12.3 Å². The van der Waals surface area contributed by atoms with Gasteiger partial charge in [0.25, 0.3) is 0 Å². The van der Waals surface area contributed by atoms with Crippen molar-refractivity contribution in [3.8, 4) is 61.3 Å². The van der Waals surface area contributed by atoms with E-state index in [1.807, 2.05) is 0 Å². The number of hydrogen-bond acceptors (Lipinski definition) is 0. The Morgan fingerprint density at radius 1 is 0.351 bits per heavy atom. The first-order valence-electron chi connectivity index (χ1n) is 20.0. The number of benzene rings is 9. The second kappa shape index (κ2) is 12.7. The number of rotatable bonds is 5. The molecule has 0 fully saturated rings. The quantitative estimate of drug-likeness (QED) is 0.167. The van der Waals surface area contributed by atoms with Crippen molar-refractivity contribution in [1.29, 1.82) is 0 Å². The second-order valence-electron chi connectivity index (χ2n) is 15.6. The first-order valence-corrected chi connectivity index (χ1v) is 20.0. The summed E-state index contributed by atoms with van der Waals surface area (Å²) in [4.78, 5) is 0. The molecule has 57 heavy (non-hydrogen) atoms. The van der Waals surface area contributed by atoms with Crippen molar-refractivity contribution in [2.24, 2.45) is 0 Å². The molecule has 12 rings (SSSR count). The zero-order chi connectivity index (χ0) is 37.5. The van der Waals surface area contributed by atoms with E-state index in [0.29, 0.717) is 0 Å². The predicted molar refractivity (Wildman–Crippen MR) is 238 cm³/mol. The molecule has 266 valence electrons. The van der Waals surface area contributed by atoms with Crippen LogP contribution in [0.4, 0.5) is 0 Å². The van der Waals surface area contributed by atoms with E-state index in [1.54, 1.807) is 0 Å². The van der Waals surface area contributed by atoms with Gasteiger partial charge < -0.3 is 4.57 Å². The van der Waals surface area contributed by atoms with Crippen LogP contribution in [0.1, 0.15) is 33.7 Å². The van der Waals surface area contributed by atoms with E-state index in [-0.39, 0.29) is 5.92 Å². The zero-order valence-corrected chi connectivity index (χ0v) is 31.4. The Kier molecular flexibility index (Phi) is 7.12. The largest absolute Gasteiger partial charge is 0.309 e. The summed E-state index contributed by atoms with van der Waals surface area (Å²) in [5.74, 6) is 0.203. The fourth-order valence-electron chi connectivity index (χ4n) is 9.92. The normalized spacial score (nSPS) is 12.8. The maximum atomic E-state index is 2.50. The van der Waals surface area contributed by atoms with Gasteiger partial charge in [-0.1, -0.05) is 170 Å². The van der Waals surface area contributed by atoms with Gasteiger partial charge in [-0.15, -0.1) is 0 Å². The molecule has 1 heterocycles. The van der Waals surface area contributed by atoms with Crippen LogP contribution in [0, 0.1) is 0 Å². The molecule has 0 saturated carbocycles. The third-order valence-corrected chi connectivity index (χ3v) is 12.5. The average Bonchev–Trinajstić information content (AvgIpc) is 3.94. The van der Waals surface area contributed by atoms with Gasteiger partial charge in [0.05, 0.1) is 11.0 Å². The van der Waals surface area contributed by atoms with Crippen molar-refractivity contribution >= 4 is 21.8 Å². The molecule has 0 bridgehead atoms. The highest BCUT2D eigenvalue weighted by molar-refractivity contribution is 6.10. The molecule has 0 saturated heterocycles. The minimum atomic E-state index is 0.203. The van der Waals surface area contributed by atoms with Crippen LogP contribution in [0.25, 0.3) is 83.1 Å². The second-order valence-corrected chi connectivity index (χ2v) is 15.6. The van der Waals surface area contributed by atoms with Crippen molar-refractivity contribution in [3.63, 3.8) is 0 Å². The van der Waals surface area contributed by atoms with E-state index in [0.717, 1.165) is 6.42 Å². The summed E-state index contributed by atoms with van der Waals surface area (Å²) >= 11 is 0. The highest BCUT2D eigenvalue weighted by Gasteiger charge is 2.30. The molecule has 0 atom stereocenters. The number of fused-ring (bicyclic) bond motifs is 9. The summed E-state index contributed by atoms with van der Waals surface area (Å²) in [6.45, 7) is 0. The topological polar surface area (TPSA) is 4.93 Å². The smallest absolute Gasteiger partial charge is 0.0541 e. The average molecular weight is 724 g/mol. The van der Waals surface area contributed by atoms with Crippen LogP contribution in [-0.4, -0.2) is 4.57 Å². The summed E-state index contributed by atoms with van der Waals surface area (Å²) in [6, 6.07) is 76.6. The van der Waals surface area contributed by atoms with Crippen LogP contribution in [0.3, 0.4) is 0 Å². The molecule has 1 aromatic heterocycles. The molecular weight excluding hydrogens is 687 g/mol. The van der Waals surface area contributed by atoms with Gasteiger partial charge in [0.15, 0.2) is 0 Å². The first-order chi connectivity index (χ1) is 28.3. The molecule has 1 nitrogen and oxygen atoms in total. The lowest BCUT2D eigenvalue weighted by Gasteiger charge is -2.17. The van der Waals surface area contributed by atoms with Crippen molar-refractivity contribution in [2.75, 3.05) is 0 Å². The van der Waals surface area contributed by atoms with Crippen LogP contribution in [-0.2, 0) is 6.42 Å². The van der Waals surface area contributed by atoms with Gasteiger partial charge in [0.1, 0.15) is 0 Å². The predicted octanol–water partition coefficient (Wildman–Crippen LogP) is 14.5. The van der Waals surface area contributed by atoms with Crippen molar-refractivity contribution < 1.29 is 0 Å². The van der Waals surface area contributed by atoms with E-state index in [4.69, 9.17) is 0 Å². The fraction of sp³-hybridized carbons (Fsp3) is 0.0357. The first kappa shape index (κ1) is 32.1. The van der Waals surface area contributed by atoms with Crippen LogP contribution >= 0.6 is 0 Å². The van der Waals surface area contributed by atoms with Crippen molar-refractivity contribution in [1.82, 2.24) is 4.57 Å². The molecule has 10 aromatic rings. The molecule has 0 N–H and O–H groups in total. The molecule has 2 aliphatic carbocycles. The van der Waals surface area contributed by atoms with E-state index in [9.17, 15) is 0 Å². The fourth-order valence-corrected chi connectivity index (χ4v) is 9.92. The number of hydrogen-bond donors (Lipinski definition) is 0. The molecule has 0 radical (unpaired) electrons. The van der Waals surface area contributed by atoms with Gasteiger partial charge >= 0.3 is 0 Å². The summed E-state index contributed by atoms with van der Waals surface area (Å²) in [5.41, 5.74) is 23.3. The van der Waals surface area contributed by atoms with E-state index < -0.39 is 0 Å². The van der Waals surface area contributed by atoms with Gasteiger partial charge in [-0.25, -0.2) is 0 Å². The van der Waals surface area contributed by atoms with Crippen LogP contribution in [0.15, 0.2) is 206 Å². The van der Waals surface area contributed by atoms with E-state index >= 15 is 0 Å². The molecule has 1 heteroatoms. The monoisotopic (exact) mass is 723 g/mol. The molecule has 0 spiro atoms. The Bertz CT molecular complexity index is 3150. The highest BCUT2D eigenvalue weighted by Crippen LogP contribution is 2.49. The minimum absolute atomic E-state index is 0.203. The summed E-state index contributed by atoms with van der Waals surface area (Å²) in [7, 11) is 0. The number of nitrogens with zero attached hydrogens (tertiary/aromatic N) is 1. The standard InChI is InChI=1S/C56H37N/c1-2-13-36(14-3-1)37-25-27-38(28-26-37)39-16-12-17-40(31-39)50-34-43(35-52-44-18-5-4-15-41(44)32-51(50)52)57-54-24-11-10-21-47(54)53-33-42(29-30-55(53)57)56-48-22-8-6-19-45(48)46-20-7-9-23-49(46)56/h1-31,33-35,56H,32H2. The maximum absolute atomic E-state index is 2.50. The third-order valence-electron chi connectivity index (χ3n) is 12.5. The van der Waals surface area contributed by atoms with Gasteiger partial charge in [-0.3, -0.25) is 0 Å². The van der Waals surface area contributed by atoms with Crippen LogP contribution in [0.2, 0.25) is 0 Å². The van der Waals surface area contributed by atoms with Crippen molar-refractivity contribution in [3.05, 3.63) is 234 Å².